The summed E-state index contributed by atoms with van der Waals surface area (Å²) in [7, 11) is 0. The summed E-state index contributed by atoms with van der Waals surface area (Å²) in [5, 5.41) is 4.72. The van der Waals surface area contributed by atoms with Gasteiger partial charge in [0.05, 0.1) is 28.8 Å². The molecule has 23 heavy (non-hydrogen) atoms. The Balaban J connectivity index is 0.00000192. The Bertz CT molecular complexity index is 621. The van der Waals surface area contributed by atoms with Crippen LogP contribution in [-0.2, 0) is 11.3 Å². The van der Waals surface area contributed by atoms with Crippen LogP contribution in [0.25, 0.3) is 0 Å². The average Bonchev–Trinajstić information content (AvgIpc) is 2.57. The van der Waals surface area contributed by atoms with Gasteiger partial charge in [-0.25, -0.2) is 0 Å². The summed E-state index contributed by atoms with van der Waals surface area (Å²) >= 11 is 12.0. The lowest BCUT2D eigenvalue weighted by Crippen LogP contribution is -2.39. The quantitative estimate of drug-likeness (QED) is 0.773. The number of hydrogen-bond donors (Lipinski definition) is 1. The van der Waals surface area contributed by atoms with Gasteiger partial charge in [-0.15, -0.1) is 12.4 Å². The van der Waals surface area contributed by atoms with Crippen molar-refractivity contribution in [2.75, 3.05) is 6.54 Å². The van der Waals surface area contributed by atoms with E-state index in [0.717, 1.165) is 24.9 Å². The van der Waals surface area contributed by atoms with Crippen molar-refractivity contribution in [1.29, 1.82) is 0 Å². The summed E-state index contributed by atoms with van der Waals surface area (Å²) in [6.45, 7) is 1.58. The van der Waals surface area contributed by atoms with E-state index in [1.807, 2.05) is 24.3 Å². The molecule has 0 spiro atoms. The number of halogens is 3. The molecule has 1 fully saturated rings. The van der Waals surface area contributed by atoms with Gasteiger partial charge in [-0.1, -0.05) is 59.6 Å². The molecule has 0 radical (unpaired) electrons. The molecule has 0 aromatic heterocycles. The van der Waals surface area contributed by atoms with Crippen molar-refractivity contribution in [3.63, 3.8) is 0 Å². The van der Waals surface area contributed by atoms with Gasteiger partial charge >= 0.3 is 0 Å². The minimum atomic E-state index is 0. The Labute approximate surface area is 153 Å². The lowest BCUT2D eigenvalue weighted by Gasteiger charge is -2.33. The lowest BCUT2D eigenvalue weighted by atomic mass is 9.94. The fourth-order valence-electron chi connectivity index (χ4n) is 2.86. The first kappa shape index (κ1) is 18.6. The summed E-state index contributed by atoms with van der Waals surface area (Å²) in [5.74, 6) is 0. The maximum Gasteiger partial charge on any atom is 0.0774 e. The highest BCUT2D eigenvalue weighted by Gasteiger charge is 2.26. The van der Waals surface area contributed by atoms with Crippen LogP contribution in [0.2, 0.25) is 10.0 Å². The van der Waals surface area contributed by atoms with E-state index in [1.54, 1.807) is 0 Å². The third kappa shape index (κ3) is 4.85. The molecule has 3 rings (SSSR count). The normalized spacial score (nSPS) is 20.8. The fraction of sp³-hybridized carbons (Fsp3) is 0.333. The van der Waals surface area contributed by atoms with Crippen molar-refractivity contribution >= 4 is 35.6 Å². The molecule has 2 aromatic rings. The van der Waals surface area contributed by atoms with E-state index in [0.29, 0.717) is 16.7 Å². The number of ether oxygens (including phenoxy) is 1. The first-order valence-corrected chi connectivity index (χ1v) is 8.33. The number of benzene rings is 2. The summed E-state index contributed by atoms with van der Waals surface area (Å²) in [4.78, 5) is 0. The predicted molar refractivity (Wildman–Crippen MR) is 98.7 cm³/mol. The number of nitrogens with one attached hydrogen (secondary N) is 1. The Morgan fingerprint density at radius 1 is 1.04 bits per heavy atom. The molecule has 0 unspecified atom stereocenters. The minimum Gasteiger partial charge on any atom is -0.372 e. The lowest BCUT2D eigenvalue weighted by molar-refractivity contribution is -0.00356. The Hall–Kier alpha value is -0.770. The number of hydrogen-bond acceptors (Lipinski definition) is 2. The van der Waals surface area contributed by atoms with Crippen LogP contribution < -0.4 is 5.32 Å². The molecular formula is C18H20Cl3NO. The van der Waals surface area contributed by atoms with Crippen LogP contribution >= 0.6 is 35.6 Å². The molecule has 2 aromatic carbocycles. The molecular weight excluding hydrogens is 353 g/mol. The molecule has 1 aliphatic heterocycles. The summed E-state index contributed by atoms with van der Waals surface area (Å²) in [6, 6.07) is 16.4. The van der Waals surface area contributed by atoms with Crippen molar-refractivity contribution in [2.24, 2.45) is 0 Å². The molecule has 1 N–H and O–H groups in total. The van der Waals surface area contributed by atoms with Crippen LogP contribution in [0.5, 0.6) is 0 Å². The first-order chi connectivity index (χ1) is 10.7. The zero-order valence-electron chi connectivity index (χ0n) is 12.7. The highest BCUT2D eigenvalue weighted by molar-refractivity contribution is 6.42. The van der Waals surface area contributed by atoms with Crippen LogP contribution in [0.4, 0.5) is 0 Å². The predicted octanol–water partition coefficient (Wildman–Crippen LogP) is 5.43. The maximum atomic E-state index is 6.17. The van der Waals surface area contributed by atoms with Crippen LogP contribution in [0.15, 0.2) is 48.5 Å². The standard InChI is InChI=1S/C18H19Cl2NO.ClH/c19-15-9-8-13(11-16(15)20)12-22-17-7-4-10-21-18(17)14-5-2-1-3-6-14;/h1-3,5-6,8-9,11,17-18,21H,4,7,10,12H2;1H/t17-,18-;/m0./s1. The van der Waals surface area contributed by atoms with Crippen molar-refractivity contribution in [1.82, 2.24) is 5.32 Å². The molecule has 2 nitrogen and oxygen atoms in total. The summed E-state index contributed by atoms with van der Waals surface area (Å²) in [5.41, 5.74) is 2.33. The smallest absolute Gasteiger partial charge is 0.0774 e. The van der Waals surface area contributed by atoms with Gasteiger partial charge in [-0.3, -0.25) is 0 Å². The monoisotopic (exact) mass is 371 g/mol. The van der Waals surface area contributed by atoms with E-state index in [-0.39, 0.29) is 24.6 Å². The van der Waals surface area contributed by atoms with Crippen molar-refractivity contribution < 1.29 is 4.74 Å². The van der Waals surface area contributed by atoms with E-state index in [2.05, 4.69) is 29.6 Å². The molecule has 0 aliphatic carbocycles. The second-order valence-electron chi connectivity index (χ2n) is 5.58. The van der Waals surface area contributed by atoms with Gasteiger partial charge in [-0.05, 0) is 42.6 Å². The molecule has 0 saturated carbocycles. The van der Waals surface area contributed by atoms with Crippen LogP contribution in [0, 0.1) is 0 Å². The number of rotatable bonds is 4. The highest BCUT2D eigenvalue weighted by atomic mass is 35.5. The molecule has 0 amide bonds. The van der Waals surface area contributed by atoms with E-state index < -0.39 is 0 Å². The summed E-state index contributed by atoms with van der Waals surface area (Å²) < 4.78 is 6.17. The van der Waals surface area contributed by atoms with Crippen LogP contribution in [0.3, 0.4) is 0 Å². The average molecular weight is 373 g/mol. The fourth-order valence-corrected chi connectivity index (χ4v) is 3.18. The molecule has 124 valence electrons. The van der Waals surface area contributed by atoms with Gasteiger partial charge in [0, 0.05) is 0 Å². The zero-order valence-corrected chi connectivity index (χ0v) is 15.0. The molecule has 1 saturated heterocycles. The second kappa shape index (κ2) is 8.91. The van der Waals surface area contributed by atoms with Gasteiger partial charge in [0.25, 0.3) is 0 Å². The SMILES string of the molecule is Cl.Clc1ccc(CO[C@H]2CCCN[C@H]2c2ccccc2)cc1Cl. The third-order valence-corrected chi connectivity index (χ3v) is 4.75. The van der Waals surface area contributed by atoms with Gasteiger partial charge in [-0.2, -0.15) is 0 Å². The van der Waals surface area contributed by atoms with Crippen LogP contribution in [0.1, 0.15) is 30.0 Å². The van der Waals surface area contributed by atoms with E-state index >= 15 is 0 Å². The molecule has 1 aliphatic rings. The minimum absolute atomic E-state index is 0. The van der Waals surface area contributed by atoms with Gasteiger partial charge in [0.2, 0.25) is 0 Å². The maximum absolute atomic E-state index is 6.17. The third-order valence-electron chi connectivity index (χ3n) is 4.01. The van der Waals surface area contributed by atoms with Gasteiger partial charge in [0.1, 0.15) is 0 Å². The Morgan fingerprint density at radius 2 is 1.83 bits per heavy atom. The molecule has 2 atom stereocenters. The zero-order chi connectivity index (χ0) is 15.4. The van der Waals surface area contributed by atoms with Gasteiger partial charge in [0.15, 0.2) is 0 Å². The Kier molecular flexibility index (Phi) is 7.19. The van der Waals surface area contributed by atoms with Crippen molar-refractivity contribution in [2.45, 2.75) is 31.6 Å². The van der Waals surface area contributed by atoms with Crippen molar-refractivity contribution in [3.8, 4) is 0 Å². The topological polar surface area (TPSA) is 21.3 Å². The van der Waals surface area contributed by atoms with E-state index in [9.17, 15) is 0 Å². The van der Waals surface area contributed by atoms with Gasteiger partial charge < -0.3 is 10.1 Å². The highest BCUT2D eigenvalue weighted by Crippen LogP contribution is 2.28. The number of piperidine rings is 1. The summed E-state index contributed by atoms with van der Waals surface area (Å²) in [6.07, 6.45) is 2.37. The van der Waals surface area contributed by atoms with Crippen LogP contribution in [-0.4, -0.2) is 12.6 Å². The largest absolute Gasteiger partial charge is 0.372 e. The van der Waals surface area contributed by atoms with Crippen molar-refractivity contribution in [3.05, 3.63) is 69.7 Å². The first-order valence-electron chi connectivity index (χ1n) is 7.58. The molecule has 1 heterocycles. The Morgan fingerprint density at radius 3 is 2.57 bits per heavy atom. The van der Waals surface area contributed by atoms with E-state index in [4.69, 9.17) is 27.9 Å². The molecule has 5 heteroatoms. The second-order valence-corrected chi connectivity index (χ2v) is 6.40. The van der Waals surface area contributed by atoms with E-state index in [1.165, 1.54) is 5.56 Å². The molecule has 0 bridgehead atoms.